The average molecular weight is 264 g/mol. The number of hydrogen-bond donors (Lipinski definition) is 1. The van der Waals surface area contributed by atoms with E-state index in [1.807, 2.05) is 0 Å². The molecule has 20 heavy (non-hydrogen) atoms. The maximum absolute atomic E-state index is 12.6. The summed E-state index contributed by atoms with van der Waals surface area (Å²) in [6.07, 6.45) is 0. The third-order valence-corrected chi connectivity index (χ3v) is 3.54. The first-order valence-electron chi connectivity index (χ1n) is 6.11. The van der Waals surface area contributed by atoms with Crippen molar-refractivity contribution < 1.29 is 19.1 Å². The van der Waals surface area contributed by atoms with Gasteiger partial charge in [-0.25, -0.2) is 0 Å². The zero-order valence-corrected chi connectivity index (χ0v) is 10.2. The fourth-order valence-corrected chi connectivity index (χ4v) is 2.64. The molecule has 0 bridgehead atoms. The van der Waals surface area contributed by atoms with Gasteiger partial charge in [-0.1, -0.05) is 30.3 Å². The molecule has 1 heterocycles. The van der Waals surface area contributed by atoms with Crippen molar-refractivity contribution >= 4 is 22.5 Å². The van der Waals surface area contributed by atoms with Gasteiger partial charge < -0.3 is 9.52 Å². The number of benzene rings is 2. The summed E-state index contributed by atoms with van der Waals surface area (Å²) in [6.45, 7) is 0. The molecule has 4 nitrogen and oxygen atoms in total. The van der Waals surface area contributed by atoms with Gasteiger partial charge in [-0.3, -0.25) is 9.59 Å². The highest BCUT2D eigenvalue weighted by Gasteiger charge is 2.35. The third kappa shape index (κ3) is 1.20. The second-order valence-corrected chi connectivity index (χ2v) is 4.66. The van der Waals surface area contributed by atoms with E-state index >= 15 is 0 Å². The van der Waals surface area contributed by atoms with Crippen molar-refractivity contribution in [2.75, 3.05) is 0 Å². The minimum atomic E-state index is -0.328. The quantitative estimate of drug-likeness (QED) is 0.530. The molecule has 4 heteroatoms. The van der Waals surface area contributed by atoms with E-state index in [4.69, 9.17) is 4.42 Å². The molecule has 1 aliphatic rings. The standard InChI is InChI=1S/C16H8O4/c17-10-6-3-7-11-12(10)13-14(18)8-4-1-2-5-9(8)15(19)16(13)20-11/h1-7,17H. The zero-order valence-electron chi connectivity index (χ0n) is 10.2. The molecule has 1 aromatic heterocycles. The van der Waals surface area contributed by atoms with E-state index in [2.05, 4.69) is 0 Å². The molecule has 96 valence electrons. The number of phenolic OH excluding ortho intramolecular Hbond substituents is 1. The molecular weight excluding hydrogens is 256 g/mol. The molecule has 1 aliphatic carbocycles. The summed E-state index contributed by atoms with van der Waals surface area (Å²) in [5.41, 5.74) is 1.17. The van der Waals surface area contributed by atoms with Gasteiger partial charge in [0.2, 0.25) is 5.78 Å². The van der Waals surface area contributed by atoms with E-state index in [1.165, 1.54) is 6.07 Å². The van der Waals surface area contributed by atoms with Crippen LogP contribution in [-0.4, -0.2) is 16.7 Å². The Kier molecular flexibility index (Phi) is 1.96. The molecule has 0 spiro atoms. The predicted molar refractivity (Wildman–Crippen MR) is 71.2 cm³/mol. The van der Waals surface area contributed by atoms with Crippen molar-refractivity contribution in [2.24, 2.45) is 0 Å². The van der Waals surface area contributed by atoms with Gasteiger partial charge in [-0.05, 0) is 12.1 Å². The lowest BCUT2D eigenvalue weighted by Crippen LogP contribution is -2.19. The number of carbonyl (C=O) groups excluding carboxylic acids is 2. The van der Waals surface area contributed by atoms with Gasteiger partial charge in [0.1, 0.15) is 11.3 Å². The van der Waals surface area contributed by atoms with Crippen molar-refractivity contribution in [3.63, 3.8) is 0 Å². The molecule has 0 saturated carbocycles. The highest BCUT2D eigenvalue weighted by Crippen LogP contribution is 2.38. The predicted octanol–water partition coefficient (Wildman–Crippen LogP) is 2.91. The topological polar surface area (TPSA) is 67.5 Å². The Morgan fingerprint density at radius 1 is 0.850 bits per heavy atom. The summed E-state index contributed by atoms with van der Waals surface area (Å²) < 4.78 is 5.48. The van der Waals surface area contributed by atoms with Crippen molar-refractivity contribution in [3.05, 3.63) is 64.9 Å². The van der Waals surface area contributed by atoms with Crippen LogP contribution in [0.15, 0.2) is 46.9 Å². The Morgan fingerprint density at radius 3 is 2.30 bits per heavy atom. The number of fused-ring (bicyclic) bond motifs is 4. The van der Waals surface area contributed by atoms with Crippen molar-refractivity contribution in [2.45, 2.75) is 0 Å². The zero-order chi connectivity index (χ0) is 13.9. The van der Waals surface area contributed by atoms with Crippen LogP contribution in [0.25, 0.3) is 11.0 Å². The smallest absolute Gasteiger partial charge is 0.229 e. The van der Waals surface area contributed by atoms with E-state index in [1.54, 1.807) is 36.4 Å². The summed E-state index contributed by atoms with van der Waals surface area (Å²) in [6, 6.07) is 11.3. The maximum Gasteiger partial charge on any atom is 0.229 e. The first kappa shape index (κ1) is 11.0. The van der Waals surface area contributed by atoms with E-state index in [9.17, 15) is 14.7 Å². The van der Waals surface area contributed by atoms with Crippen LogP contribution < -0.4 is 0 Å². The number of phenols is 1. The second-order valence-electron chi connectivity index (χ2n) is 4.66. The van der Waals surface area contributed by atoms with Crippen LogP contribution in [-0.2, 0) is 0 Å². The number of carbonyl (C=O) groups is 2. The van der Waals surface area contributed by atoms with Gasteiger partial charge in [0.25, 0.3) is 0 Å². The minimum Gasteiger partial charge on any atom is -0.507 e. The van der Waals surface area contributed by atoms with Crippen molar-refractivity contribution in [1.29, 1.82) is 0 Å². The number of rotatable bonds is 0. The molecular formula is C16H8O4. The Labute approximate surface area is 113 Å². The molecule has 0 atom stereocenters. The maximum atomic E-state index is 12.6. The lowest BCUT2D eigenvalue weighted by atomic mass is 9.87. The summed E-state index contributed by atoms with van der Waals surface area (Å²) in [5.74, 6) is -0.681. The summed E-state index contributed by atoms with van der Waals surface area (Å²) in [5, 5.41) is 10.2. The molecule has 0 saturated heterocycles. The lowest BCUT2D eigenvalue weighted by molar-refractivity contribution is 0.0962. The lowest BCUT2D eigenvalue weighted by Gasteiger charge is -2.12. The molecule has 4 rings (SSSR count). The van der Waals surface area contributed by atoms with Crippen LogP contribution in [0.4, 0.5) is 0 Å². The Balaban J connectivity index is 2.16. The summed E-state index contributed by atoms with van der Waals surface area (Å²) in [7, 11) is 0. The van der Waals surface area contributed by atoms with Crippen LogP contribution in [0.3, 0.4) is 0 Å². The van der Waals surface area contributed by atoms with Gasteiger partial charge >= 0.3 is 0 Å². The van der Waals surface area contributed by atoms with Crippen molar-refractivity contribution in [3.8, 4) is 5.75 Å². The average Bonchev–Trinajstić information content (AvgIpc) is 2.86. The summed E-state index contributed by atoms with van der Waals surface area (Å²) in [4.78, 5) is 25.0. The fraction of sp³-hybridized carbons (Fsp3) is 0. The van der Waals surface area contributed by atoms with Crippen LogP contribution in [0.5, 0.6) is 5.75 Å². The Bertz CT molecular complexity index is 902. The molecule has 3 aromatic rings. The SMILES string of the molecule is O=C1c2ccccc2C(=O)c2c1oc1cccc(O)c21. The Hall–Kier alpha value is -2.88. The van der Waals surface area contributed by atoms with Gasteiger partial charge in [0.05, 0.1) is 10.9 Å². The van der Waals surface area contributed by atoms with Gasteiger partial charge in [0, 0.05) is 11.1 Å². The van der Waals surface area contributed by atoms with Crippen LogP contribution in [0.2, 0.25) is 0 Å². The second kappa shape index (κ2) is 3.57. The van der Waals surface area contributed by atoms with E-state index in [0.717, 1.165) is 0 Å². The van der Waals surface area contributed by atoms with Gasteiger partial charge in [0.15, 0.2) is 11.5 Å². The number of aromatic hydroxyl groups is 1. The van der Waals surface area contributed by atoms with Gasteiger partial charge in [-0.2, -0.15) is 0 Å². The fourth-order valence-electron chi connectivity index (χ4n) is 2.64. The molecule has 0 amide bonds. The highest BCUT2D eigenvalue weighted by molar-refractivity contribution is 6.31. The normalized spacial score (nSPS) is 13.4. The molecule has 0 unspecified atom stereocenters. The molecule has 0 aliphatic heterocycles. The Morgan fingerprint density at radius 2 is 1.55 bits per heavy atom. The number of ketones is 2. The highest BCUT2D eigenvalue weighted by atomic mass is 16.3. The first-order valence-corrected chi connectivity index (χ1v) is 6.11. The van der Waals surface area contributed by atoms with Crippen molar-refractivity contribution in [1.82, 2.24) is 0 Å². The molecule has 0 fully saturated rings. The molecule has 1 N–H and O–H groups in total. The van der Waals surface area contributed by atoms with Crippen LogP contribution >= 0.6 is 0 Å². The van der Waals surface area contributed by atoms with E-state index < -0.39 is 0 Å². The number of furan rings is 1. The van der Waals surface area contributed by atoms with Crippen LogP contribution in [0, 0.1) is 0 Å². The van der Waals surface area contributed by atoms with Crippen LogP contribution in [0.1, 0.15) is 32.0 Å². The minimum absolute atomic E-state index is 0.00481. The van der Waals surface area contributed by atoms with E-state index in [0.29, 0.717) is 22.1 Å². The molecule has 2 aromatic carbocycles. The van der Waals surface area contributed by atoms with E-state index in [-0.39, 0.29) is 28.6 Å². The largest absolute Gasteiger partial charge is 0.507 e. The third-order valence-electron chi connectivity index (χ3n) is 3.54. The monoisotopic (exact) mass is 264 g/mol. The first-order chi connectivity index (χ1) is 9.68. The summed E-state index contributed by atoms with van der Waals surface area (Å²) >= 11 is 0. The molecule has 0 radical (unpaired) electrons. The number of hydrogen-bond acceptors (Lipinski definition) is 4. The van der Waals surface area contributed by atoms with Gasteiger partial charge in [-0.15, -0.1) is 0 Å².